The SMILES string of the molecule is COc1ccc(F)cc1-c1[nH]c2ncccc2c1C1=CCCCC1. The largest absolute Gasteiger partial charge is 0.496 e. The van der Waals surface area contributed by atoms with Gasteiger partial charge in [-0.25, -0.2) is 9.37 Å². The van der Waals surface area contributed by atoms with Crippen LogP contribution in [-0.4, -0.2) is 17.1 Å². The van der Waals surface area contributed by atoms with E-state index in [-0.39, 0.29) is 5.82 Å². The van der Waals surface area contributed by atoms with Crippen molar-refractivity contribution in [3.05, 3.63) is 54.0 Å². The Bertz CT molecular complexity index is 927. The summed E-state index contributed by atoms with van der Waals surface area (Å²) in [5.74, 6) is 0.376. The molecule has 3 aromatic rings. The van der Waals surface area contributed by atoms with E-state index >= 15 is 0 Å². The molecule has 4 rings (SSSR count). The van der Waals surface area contributed by atoms with Gasteiger partial charge in [0.05, 0.1) is 12.8 Å². The first-order valence-corrected chi connectivity index (χ1v) is 8.28. The van der Waals surface area contributed by atoms with E-state index in [0.717, 1.165) is 40.7 Å². The molecule has 122 valence electrons. The standard InChI is InChI=1S/C20H19FN2O/c1-24-17-10-9-14(21)12-16(17)19-18(13-6-3-2-4-7-13)15-8-5-11-22-20(15)23-19/h5-6,8-12H,2-4,7H2,1H3,(H,22,23). The smallest absolute Gasteiger partial charge is 0.138 e. The minimum atomic E-state index is -0.277. The molecule has 0 saturated heterocycles. The number of nitrogens with one attached hydrogen (secondary N) is 1. The third-order valence-corrected chi connectivity index (χ3v) is 4.61. The van der Waals surface area contributed by atoms with E-state index in [2.05, 4.69) is 22.1 Å². The fraction of sp³-hybridized carbons (Fsp3) is 0.250. The number of aromatic amines is 1. The molecular formula is C20H19FN2O. The molecule has 24 heavy (non-hydrogen) atoms. The van der Waals surface area contributed by atoms with Crippen LogP contribution in [0.25, 0.3) is 27.9 Å². The lowest BCUT2D eigenvalue weighted by molar-refractivity contribution is 0.415. The van der Waals surface area contributed by atoms with E-state index in [1.165, 1.54) is 30.5 Å². The van der Waals surface area contributed by atoms with Gasteiger partial charge in [-0.2, -0.15) is 0 Å². The summed E-state index contributed by atoms with van der Waals surface area (Å²) in [5, 5.41) is 1.08. The minimum absolute atomic E-state index is 0.277. The molecule has 1 aromatic carbocycles. The highest BCUT2D eigenvalue weighted by molar-refractivity contribution is 5.99. The van der Waals surface area contributed by atoms with Gasteiger partial charge in [-0.15, -0.1) is 0 Å². The molecule has 0 fully saturated rings. The average Bonchev–Trinajstić information content (AvgIpc) is 3.01. The van der Waals surface area contributed by atoms with Crippen molar-refractivity contribution in [3.8, 4) is 17.0 Å². The second kappa shape index (κ2) is 6.11. The highest BCUT2D eigenvalue weighted by Crippen LogP contribution is 2.41. The molecule has 0 atom stereocenters. The molecule has 0 radical (unpaired) electrons. The second-order valence-electron chi connectivity index (χ2n) is 6.09. The topological polar surface area (TPSA) is 37.9 Å². The molecule has 4 heteroatoms. The fourth-order valence-electron chi connectivity index (χ4n) is 3.50. The van der Waals surface area contributed by atoms with Crippen molar-refractivity contribution in [2.75, 3.05) is 7.11 Å². The van der Waals surface area contributed by atoms with Crippen LogP contribution in [0.4, 0.5) is 4.39 Å². The molecule has 1 N–H and O–H groups in total. The van der Waals surface area contributed by atoms with Gasteiger partial charge in [0.15, 0.2) is 0 Å². The molecule has 0 unspecified atom stereocenters. The number of nitrogens with zero attached hydrogens (tertiary/aromatic N) is 1. The van der Waals surface area contributed by atoms with Crippen molar-refractivity contribution in [2.45, 2.75) is 25.7 Å². The number of hydrogen-bond acceptors (Lipinski definition) is 2. The van der Waals surface area contributed by atoms with Gasteiger partial charge >= 0.3 is 0 Å². The zero-order valence-electron chi connectivity index (χ0n) is 13.6. The maximum Gasteiger partial charge on any atom is 0.138 e. The van der Waals surface area contributed by atoms with Gasteiger partial charge in [0.25, 0.3) is 0 Å². The Labute approximate surface area is 140 Å². The van der Waals surface area contributed by atoms with Crippen LogP contribution in [-0.2, 0) is 0 Å². The van der Waals surface area contributed by atoms with E-state index in [0.29, 0.717) is 5.75 Å². The number of ether oxygens (including phenoxy) is 1. The van der Waals surface area contributed by atoms with Gasteiger partial charge in [-0.05, 0) is 61.6 Å². The lowest BCUT2D eigenvalue weighted by Crippen LogP contribution is -1.95. The van der Waals surface area contributed by atoms with Gasteiger partial charge in [-0.1, -0.05) is 6.08 Å². The zero-order chi connectivity index (χ0) is 16.5. The van der Waals surface area contributed by atoms with Gasteiger partial charge in [0, 0.05) is 22.7 Å². The molecule has 0 bridgehead atoms. The molecule has 0 amide bonds. The highest BCUT2D eigenvalue weighted by Gasteiger charge is 2.21. The first-order chi connectivity index (χ1) is 11.8. The van der Waals surface area contributed by atoms with Gasteiger partial charge in [0.1, 0.15) is 17.2 Å². The Morgan fingerprint density at radius 2 is 2.12 bits per heavy atom. The first-order valence-electron chi connectivity index (χ1n) is 8.28. The van der Waals surface area contributed by atoms with Crippen molar-refractivity contribution in [2.24, 2.45) is 0 Å². The molecule has 0 spiro atoms. The molecule has 0 saturated carbocycles. The predicted octanol–water partition coefficient (Wildman–Crippen LogP) is 5.34. The van der Waals surface area contributed by atoms with E-state index in [4.69, 9.17) is 4.74 Å². The molecule has 2 aromatic heterocycles. The number of allylic oxidation sites excluding steroid dienone is 2. The number of hydrogen-bond donors (Lipinski definition) is 1. The lowest BCUT2D eigenvalue weighted by Gasteiger charge is -2.15. The van der Waals surface area contributed by atoms with Crippen LogP contribution in [0.15, 0.2) is 42.6 Å². The summed E-state index contributed by atoms with van der Waals surface area (Å²) in [6.45, 7) is 0. The Balaban J connectivity index is 2.02. The Kier molecular flexibility index (Phi) is 3.81. The first kappa shape index (κ1) is 14.9. The van der Waals surface area contributed by atoms with E-state index in [1.807, 2.05) is 6.07 Å². The maximum absolute atomic E-state index is 13.9. The summed E-state index contributed by atoms with van der Waals surface area (Å²) in [6, 6.07) is 8.62. The van der Waals surface area contributed by atoms with Crippen molar-refractivity contribution in [1.82, 2.24) is 9.97 Å². The van der Waals surface area contributed by atoms with Crippen LogP contribution in [0, 0.1) is 5.82 Å². The van der Waals surface area contributed by atoms with Crippen LogP contribution < -0.4 is 4.74 Å². The Morgan fingerprint density at radius 1 is 1.21 bits per heavy atom. The summed E-state index contributed by atoms with van der Waals surface area (Å²) < 4.78 is 19.4. The van der Waals surface area contributed by atoms with Crippen molar-refractivity contribution < 1.29 is 9.13 Å². The number of methoxy groups -OCH3 is 1. The summed E-state index contributed by atoms with van der Waals surface area (Å²) in [5.41, 5.74) is 4.87. The van der Waals surface area contributed by atoms with Crippen LogP contribution >= 0.6 is 0 Å². The zero-order valence-corrected chi connectivity index (χ0v) is 13.6. The summed E-state index contributed by atoms with van der Waals surface area (Å²) in [4.78, 5) is 7.82. The Hall–Kier alpha value is -2.62. The molecule has 0 aliphatic heterocycles. The quantitative estimate of drug-likeness (QED) is 0.707. The minimum Gasteiger partial charge on any atom is -0.496 e. The number of pyridine rings is 1. The molecule has 1 aliphatic carbocycles. The second-order valence-corrected chi connectivity index (χ2v) is 6.09. The molecule has 1 aliphatic rings. The van der Waals surface area contributed by atoms with Crippen LogP contribution in [0.2, 0.25) is 0 Å². The maximum atomic E-state index is 13.9. The number of aromatic nitrogens is 2. The van der Waals surface area contributed by atoms with Crippen LogP contribution in [0.5, 0.6) is 5.75 Å². The summed E-state index contributed by atoms with van der Waals surface area (Å²) in [7, 11) is 1.61. The molecule has 2 heterocycles. The summed E-state index contributed by atoms with van der Waals surface area (Å²) in [6.07, 6.45) is 8.59. The van der Waals surface area contributed by atoms with Gasteiger partial charge in [0.2, 0.25) is 0 Å². The Morgan fingerprint density at radius 3 is 2.92 bits per heavy atom. The van der Waals surface area contributed by atoms with E-state index in [1.54, 1.807) is 19.4 Å². The highest BCUT2D eigenvalue weighted by atomic mass is 19.1. The summed E-state index contributed by atoms with van der Waals surface area (Å²) >= 11 is 0. The van der Waals surface area contributed by atoms with Gasteiger partial charge in [-0.3, -0.25) is 0 Å². The number of halogens is 1. The lowest BCUT2D eigenvalue weighted by atomic mass is 9.90. The number of H-pyrrole nitrogens is 1. The average molecular weight is 322 g/mol. The van der Waals surface area contributed by atoms with Crippen molar-refractivity contribution in [1.29, 1.82) is 0 Å². The van der Waals surface area contributed by atoms with Crippen molar-refractivity contribution >= 4 is 16.6 Å². The monoisotopic (exact) mass is 322 g/mol. The molecule has 3 nitrogen and oxygen atoms in total. The normalized spacial score (nSPS) is 14.7. The third-order valence-electron chi connectivity index (χ3n) is 4.61. The van der Waals surface area contributed by atoms with Gasteiger partial charge < -0.3 is 9.72 Å². The molecular weight excluding hydrogens is 303 g/mol. The van der Waals surface area contributed by atoms with E-state index in [9.17, 15) is 4.39 Å². The van der Waals surface area contributed by atoms with Crippen LogP contribution in [0.3, 0.4) is 0 Å². The van der Waals surface area contributed by atoms with Crippen molar-refractivity contribution in [3.63, 3.8) is 0 Å². The van der Waals surface area contributed by atoms with Crippen LogP contribution in [0.1, 0.15) is 31.2 Å². The number of fused-ring (bicyclic) bond motifs is 1. The fourth-order valence-corrected chi connectivity index (χ4v) is 3.50. The van der Waals surface area contributed by atoms with E-state index < -0.39 is 0 Å². The number of rotatable bonds is 3. The third kappa shape index (κ3) is 2.48. The number of benzene rings is 1. The predicted molar refractivity (Wildman–Crippen MR) is 94.5 cm³/mol.